The molecule has 0 aliphatic carbocycles. The molecule has 82 valence electrons. The third-order valence-electron chi connectivity index (χ3n) is 3.07. The van der Waals surface area contributed by atoms with Gasteiger partial charge in [-0.3, -0.25) is 4.90 Å². The summed E-state index contributed by atoms with van der Waals surface area (Å²) >= 11 is 5.85. The first kappa shape index (κ1) is 10.9. The van der Waals surface area contributed by atoms with Crippen LogP contribution in [0.1, 0.15) is 18.4 Å². The molecule has 1 saturated heterocycles. The summed E-state index contributed by atoms with van der Waals surface area (Å²) in [6.07, 6.45) is 2.51. The Morgan fingerprint density at radius 2 is 2.07 bits per heavy atom. The second-order valence-corrected chi connectivity index (χ2v) is 4.57. The second-order valence-electron chi connectivity index (χ2n) is 4.13. The maximum atomic E-state index is 5.85. The molecular formula is C12H17ClN2. The van der Waals surface area contributed by atoms with E-state index in [2.05, 4.69) is 17.0 Å². The van der Waals surface area contributed by atoms with Crippen LogP contribution in [-0.2, 0) is 6.54 Å². The van der Waals surface area contributed by atoms with Crippen LogP contribution in [0.2, 0.25) is 5.02 Å². The highest BCUT2D eigenvalue weighted by Crippen LogP contribution is 2.19. The van der Waals surface area contributed by atoms with Crippen molar-refractivity contribution in [3.63, 3.8) is 0 Å². The molecule has 1 fully saturated rings. The third kappa shape index (κ3) is 2.71. The molecule has 2 rings (SSSR count). The maximum absolute atomic E-state index is 5.85. The van der Waals surface area contributed by atoms with Gasteiger partial charge in [-0.1, -0.05) is 23.7 Å². The molecule has 0 amide bonds. The summed E-state index contributed by atoms with van der Waals surface area (Å²) in [4.78, 5) is 2.46. The second kappa shape index (κ2) is 4.97. The number of rotatable bonds is 3. The minimum Gasteiger partial charge on any atom is -0.329 e. The SMILES string of the molecule is NCC1CCCN1Cc1ccc(Cl)cc1. The molecule has 0 saturated carbocycles. The van der Waals surface area contributed by atoms with Crippen molar-refractivity contribution >= 4 is 11.6 Å². The number of benzene rings is 1. The summed E-state index contributed by atoms with van der Waals surface area (Å²) in [7, 11) is 0. The van der Waals surface area contributed by atoms with Gasteiger partial charge in [0.15, 0.2) is 0 Å². The van der Waals surface area contributed by atoms with Gasteiger partial charge in [-0.05, 0) is 37.1 Å². The standard InChI is InChI=1S/C12H17ClN2/c13-11-5-3-10(4-6-11)9-15-7-1-2-12(15)8-14/h3-6,12H,1-2,7-9,14H2. The Kier molecular flexibility index (Phi) is 3.62. The van der Waals surface area contributed by atoms with Crippen LogP contribution in [0.25, 0.3) is 0 Å². The minimum atomic E-state index is 0.570. The van der Waals surface area contributed by atoms with Crippen molar-refractivity contribution in [1.29, 1.82) is 0 Å². The van der Waals surface area contributed by atoms with E-state index in [4.69, 9.17) is 17.3 Å². The molecule has 1 aromatic rings. The van der Waals surface area contributed by atoms with E-state index in [-0.39, 0.29) is 0 Å². The monoisotopic (exact) mass is 224 g/mol. The summed E-state index contributed by atoms with van der Waals surface area (Å²) in [5.41, 5.74) is 7.06. The van der Waals surface area contributed by atoms with E-state index < -0.39 is 0 Å². The Morgan fingerprint density at radius 3 is 2.73 bits per heavy atom. The number of halogens is 1. The molecule has 1 heterocycles. The highest BCUT2D eigenvalue weighted by atomic mass is 35.5. The largest absolute Gasteiger partial charge is 0.329 e. The van der Waals surface area contributed by atoms with Crippen LogP contribution in [0.15, 0.2) is 24.3 Å². The van der Waals surface area contributed by atoms with Gasteiger partial charge < -0.3 is 5.73 Å². The molecule has 1 atom stereocenters. The third-order valence-corrected chi connectivity index (χ3v) is 3.32. The number of hydrogen-bond donors (Lipinski definition) is 1. The van der Waals surface area contributed by atoms with Crippen molar-refractivity contribution in [2.75, 3.05) is 13.1 Å². The lowest BCUT2D eigenvalue weighted by Gasteiger charge is -2.23. The quantitative estimate of drug-likeness (QED) is 0.854. The Labute approximate surface area is 96.0 Å². The Bertz CT molecular complexity index is 310. The molecule has 0 spiro atoms. The topological polar surface area (TPSA) is 29.3 Å². The van der Waals surface area contributed by atoms with E-state index in [1.807, 2.05) is 12.1 Å². The molecule has 1 aromatic carbocycles. The van der Waals surface area contributed by atoms with Crippen LogP contribution in [-0.4, -0.2) is 24.0 Å². The molecule has 2 nitrogen and oxygen atoms in total. The van der Waals surface area contributed by atoms with Crippen LogP contribution in [0.4, 0.5) is 0 Å². The van der Waals surface area contributed by atoms with Gasteiger partial charge >= 0.3 is 0 Å². The molecule has 2 N–H and O–H groups in total. The lowest BCUT2D eigenvalue weighted by molar-refractivity contribution is 0.250. The molecular weight excluding hydrogens is 208 g/mol. The van der Waals surface area contributed by atoms with Crippen LogP contribution in [0, 0.1) is 0 Å². The minimum absolute atomic E-state index is 0.570. The molecule has 15 heavy (non-hydrogen) atoms. The summed E-state index contributed by atoms with van der Waals surface area (Å²) < 4.78 is 0. The highest BCUT2D eigenvalue weighted by molar-refractivity contribution is 6.30. The number of hydrogen-bond acceptors (Lipinski definition) is 2. The van der Waals surface area contributed by atoms with Crippen molar-refractivity contribution in [3.8, 4) is 0 Å². The molecule has 1 aliphatic rings. The molecule has 1 unspecified atom stereocenters. The molecule has 0 aromatic heterocycles. The number of likely N-dealkylation sites (tertiary alicyclic amines) is 1. The van der Waals surface area contributed by atoms with Gasteiger partial charge in [0.1, 0.15) is 0 Å². The Hall–Kier alpha value is -0.570. The molecule has 1 aliphatic heterocycles. The first-order chi connectivity index (χ1) is 7.29. The molecule has 0 bridgehead atoms. The Morgan fingerprint density at radius 1 is 1.33 bits per heavy atom. The average Bonchev–Trinajstić information content (AvgIpc) is 2.69. The summed E-state index contributed by atoms with van der Waals surface area (Å²) in [6, 6.07) is 8.65. The van der Waals surface area contributed by atoms with Gasteiger partial charge in [0, 0.05) is 24.2 Å². The van der Waals surface area contributed by atoms with E-state index in [1.165, 1.54) is 24.9 Å². The predicted octanol–water partition coefficient (Wildman–Crippen LogP) is 2.26. The van der Waals surface area contributed by atoms with Crippen LogP contribution in [0.5, 0.6) is 0 Å². The summed E-state index contributed by atoms with van der Waals surface area (Å²) in [6.45, 7) is 2.94. The van der Waals surface area contributed by atoms with E-state index in [9.17, 15) is 0 Å². The van der Waals surface area contributed by atoms with E-state index >= 15 is 0 Å². The zero-order valence-electron chi connectivity index (χ0n) is 8.82. The Balaban J connectivity index is 1.99. The van der Waals surface area contributed by atoms with Crippen LogP contribution in [0.3, 0.4) is 0 Å². The predicted molar refractivity (Wildman–Crippen MR) is 63.9 cm³/mol. The van der Waals surface area contributed by atoms with Gasteiger partial charge in [-0.2, -0.15) is 0 Å². The zero-order chi connectivity index (χ0) is 10.7. The van der Waals surface area contributed by atoms with Crippen molar-refractivity contribution in [3.05, 3.63) is 34.9 Å². The van der Waals surface area contributed by atoms with Gasteiger partial charge in [0.2, 0.25) is 0 Å². The summed E-state index contributed by atoms with van der Waals surface area (Å²) in [5, 5.41) is 0.801. The fourth-order valence-electron chi connectivity index (χ4n) is 2.19. The van der Waals surface area contributed by atoms with Gasteiger partial charge in [-0.15, -0.1) is 0 Å². The lowest BCUT2D eigenvalue weighted by atomic mass is 10.2. The van der Waals surface area contributed by atoms with E-state index in [1.54, 1.807) is 0 Å². The highest BCUT2D eigenvalue weighted by Gasteiger charge is 2.22. The first-order valence-corrected chi connectivity index (χ1v) is 5.86. The van der Waals surface area contributed by atoms with E-state index in [0.29, 0.717) is 6.04 Å². The van der Waals surface area contributed by atoms with Crippen molar-refractivity contribution < 1.29 is 0 Å². The van der Waals surface area contributed by atoms with Crippen molar-refractivity contribution in [2.45, 2.75) is 25.4 Å². The normalized spacial score (nSPS) is 22.1. The van der Waals surface area contributed by atoms with Gasteiger partial charge in [-0.25, -0.2) is 0 Å². The smallest absolute Gasteiger partial charge is 0.0406 e. The fourth-order valence-corrected chi connectivity index (χ4v) is 2.32. The van der Waals surface area contributed by atoms with Gasteiger partial charge in [0.05, 0.1) is 0 Å². The van der Waals surface area contributed by atoms with Crippen LogP contribution < -0.4 is 5.73 Å². The lowest BCUT2D eigenvalue weighted by Crippen LogP contribution is -2.34. The first-order valence-electron chi connectivity index (χ1n) is 5.48. The zero-order valence-corrected chi connectivity index (χ0v) is 9.58. The van der Waals surface area contributed by atoms with Crippen LogP contribution >= 0.6 is 11.6 Å². The number of nitrogens with zero attached hydrogens (tertiary/aromatic N) is 1. The molecule has 0 radical (unpaired) electrons. The van der Waals surface area contributed by atoms with Gasteiger partial charge in [0.25, 0.3) is 0 Å². The van der Waals surface area contributed by atoms with Crippen molar-refractivity contribution in [1.82, 2.24) is 4.90 Å². The average molecular weight is 225 g/mol. The maximum Gasteiger partial charge on any atom is 0.0406 e. The summed E-state index contributed by atoms with van der Waals surface area (Å²) in [5.74, 6) is 0. The van der Waals surface area contributed by atoms with E-state index in [0.717, 1.165) is 18.1 Å². The number of nitrogens with two attached hydrogens (primary N) is 1. The van der Waals surface area contributed by atoms with Crippen molar-refractivity contribution in [2.24, 2.45) is 5.73 Å². The molecule has 3 heteroatoms. The fraction of sp³-hybridized carbons (Fsp3) is 0.500.